The first kappa shape index (κ1) is 10.7. The van der Waals surface area contributed by atoms with E-state index in [-0.39, 0.29) is 0 Å². The van der Waals surface area contributed by atoms with E-state index in [1.54, 1.807) is 11.3 Å². The van der Waals surface area contributed by atoms with E-state index in [2.05, 4.69) is 22.1 Å². The summed E-state index contributed by atoms with van der Waals surface area (Å²) in [6.07, 6.45) is 0.715. The van der Waals surface area contributed by atoms with Gasteiger partial charge >= 0.3 is 0 Å². The third-order valence-corrected chi connectivity index (χ3v) is 3.81. The molecular weight excluding hydrogens is 252 g/mol. The molecule has 0 amide bonds. The molecule has 0 bridgehead atoms. The summed E-state index contributed by atoms with van der Waals surface area (Å²) < 4.78 is 0.962. The van der Waals surface area contributed by atoms with Crippen LogP contribution in [0.4, 0.5) is 0 Å². The van der Waals surface area contributed by atoms with Gasteiger partial charge in [0.05, 0.1) is 10.2 Å². The van der Waals surface area contributed by atoms with Crippen LogP contribution in [0.2, 0.25) is 5.15 Å². The second kappa shape index (κ2) is 4.43. The van der Waals surface area contributed by atoms with E-state index >= 15 is 0 Å². The fraction of sp³-hybridized carbons (Fsp3) is 0.0769. The molecule has 17 heavy (non-hydrogen) atoms. The number of fused-ring (bicyclic) bond motifs is 1. The molecule has 2 aromatic heterocycles. The van der Waals surface area contributed by atoms with Crippen molar-refractivity contribution in [2.45, 2.75) is 6.42 Å². The van der Waals surface area contributed by atoms with Gasteiger partial charge < -0.3 is 0 Å². The number of halogens is 1. The number of hydrogen-bond donors (Lipinski definition) is 0. The first-order valence-electron chi connectivity index (χ1n) is 5.26. The predicted octanol–water partition coefficient (Wildman–Crippen LogP) is 3.94. The Morgan fingerprint density at radius 3 is 2.71 bits per heavy atom. The molecule has 0 atom stereocenters. The van der Waals surface area contributed by atoms with E-state index in [9.17, 15) is 0 Å². The Labute approximate surface area is 108 Å². The number of rotatable bonds is 2. The van der Waals surface area contributed by atoms with Crippen molar-refractivity contribution in [1.82, 2.24) is 9.97 Å². The van der Waals surface area contributed by atoms with Crippen LogP contribution < -0.4 is 0 Å². The molecule has 0 unspecified atom stereocenters. The lowest BCUT2D eigenvalue weighted by molar-refractivity contribution is 0.995. The summed E-state index contributed by atoms with van der Waals surface area (Å²) in [6, 6.07) is 12.1. The highest BCUT2D eigenvalue weighted by molar-refractivity contribution is 7.17. The predicted molar refractivity (Wildman–Crippen MR) is 71.7 cm³/mol. The summed E-state index contributed by atoms with van der Waals surface area (Å²) in [5.41, 5.74) is 2.12. The fourth-order valence-corrected chi connectivity index (χ4v) is 2.77. The number of nitrogens with zero attached hydrogens (tertiary/aromatic N) is 2. The summed E-state index contributed by atoms with van der Waals surface area (Å²) in [5, 5.41) is 2.54. The maximum atomic E-state index is 6.13. The van der Waals surface area contributed by atoms with Gasteiger partial charge in [-0.15, -0.1) is 11.3 Å². The first-order chi connectivity index (χ1) is 8.33. The Morgan fingerprint density at radius 2 is 1.88 bits per heavy atom. The molecule has 0 spiro atoms. The molecule has 3 rings (SSSR count). The third kappa shape index (κ3) is 2.16. The van der Waals surface area contributed by atoms with Gasteiger partial charge in [-0.1, -0.05) is 41.9 Å². The molecule has 0 aliphatic heterocycles. The topological polar surface area (TPSA) is 25.8 Å². The van der Waals surface area contributed by atoms with Gasteiger partial charge in [0.1, 0.15) is 5.82 Å². The lowest BCUT2D eigenvalue weighted by atomic mass is 10.1. The van der Waals surface area contributed by atoms with Crippen LogP contribution in [0.5, 0.6) is 0 Å². The number of benzene rings is 1. The molecule has 84 valence electrons. The van der Waals surface area contributed by atoms with E-state index in [1.165, 1.54) is 5.56 Å². The molecule has 3 aromatic rings. The minimum atomic E-state index is 0.552. The standard InChI is InChI=1S/C13H9ClN2S/c14-13-12-10(6-7-17-12)15-11(16-13)8-9-4-2-1-3-5-9/h1-7H,8H2. The molecule has 0 aliphatic carbocycles. The summed E-state index contributed by atoms with van der Waals surface area (Å²) in [7, 11) is 0. The van der Waals surface area contributed by atoms with Crippen molar-refractivity contribution in [3.63, 3.8) is 0 Å². The zero-order chi connectivity index (χ0) is 11.7. The van der Waals surface area contributed by atoms with Gasteiger partial charge in [-0.05, 0) is 17.0 Å². The Morgan fingerprint density at radius 1 is 1.06 bits per heavy atom. The molecule has 2 heterocycles. The second-order valence-corrected chi connectivity index (χ2v) is 5.00. The molecule has 2 nitrogen and oxygen atoms in total. The lowest BCUT2D eigenvalue weighted by Crippen LogP contribution is -1.96. The minimum Gasteiger partial charge on any atom is -0.232 e. The molecule has 1 aromatic carbocycles. The minimum absolute atomic E-state index is 0.552. The van der Waals surface area contributed by atoms with Crippen LogP contribution >= 0.6 is 22.9 Å². The lowest BCUT2D eigenvalue weighted by Gasteiger charge is -2.01. The van der Waals surface area contributed by atoms with Crippen LogP contribution in [-0.2, 0) is 6.42 Å². The summed E-state index contributed by atoms with van der Waals surface area (Å²) in [4.78, 5) is 8.84. The highest BCUT2D eigenvalue weighted by Crippen LogP contribution is 2.26. The normalized spacial score (nSPS) is 10.9. The highest BCUT2D eigenvalue weighted by Gasteiger charge is 2.07. The summed E-state index contributed by atoms with van der Waals surface area (Å²) in [6.45, 7) is 0. The van der Waals surface area contributed by atoms with E-state index in [1.807, 2.05) is 29.6 Å². The van der Waals surface area contributed by atoms with Crippen molar-refractivity contribution >= 4 is 33.2 Å². The van der Waals surface area contributed by atoms with Crippen molar-refractivity contribution in [3.8, 4) is 0 Å². The number of hydrogen-bond acceptors (Lipinski definition) is 3. The zero-order valence-corrected chi connectivity index (χ0v) is 10.5. The van der Waals surface area contributed by atoms with Gasteiger partial charge in [0.25, 0.3) is 0 Å². The van der Waals surface area contributed by atoms with Gasteiger partial charge in [0.2, 0.25) is 0 Å². The molecule has 0 N–H and O–H groups in total. The third-order valence-electron chi connectivity index (χ3n) is 2.51. The van der Waals surface area contributed by atoms with Crippen LogP contribution in [0.25, 0.3) is 10.2 Å². The maximum Gasteiger partial charge on any atom is 0.150 e. The molecule has 0 aliphatic rings. The highest BCUT2D eigenvalue weighted by atomic mass is 35.5. The number of thiophene rings is 1. The van der Waals surface area contributed by atoms with Crippen molar-refractivity contribution in [1.29, 1.82) is 0 Å². The second-order valence-electron chi connectivity index (χ2n) is 3.73. The Bertz CT molecular complexity index is 649. The molecule has 0 saturated heterocycles. The van der Waals surface area contributed by atoms with Crippen molar-refractivity contribution in [3.05, 3.63) is 58.3 Å². The van der Waals surface area contributed by atoms with E-state index in [4.69, 9.17) is 11.6 Å². The first-order valence-corrected chi connectivity index (χ1v) is 6.52. The Kier molecular flexibility index (Phi) is 2.79. The Balaban J connectivity index is 2.01. The summed E-state index contributed by atoms with van der Waals surface area (Å²) in [5.74, 6) is 0.770. The van der Waals surface area contributed by atoms with Gasteiger partial charge in [-0.25, -0.2) is 9.97 Å². The smallest absolute Gasteiger partial charge is 0.150 e. The van der Waals surface area contributed by atoms with Crippen molar-refractivity contribution in [2.75, 3.05) is 0 Å². The van der Waals surface area contributed by atoms with Crippen molar-refractivity contribution in [2.24, 2.45) is 0 Å². The molecule has 0 radical (unpaired) electrons. The van der Waals surface area contributed by atoms with Crippen LogP contribution in [0, 0.1) is 0 Å². The van der Waals surface area contributed by atoms with E-state index in [0.717, 1.165) is 16.0 Å². The van der Waals surface area contributed by atoms with Crippen LogP contribution in [0.1, 0.15) is 11.4 Å². The van der Waals surface area contributed by atoms with Crippen LogP contribution in [0.15, 0.2) is 41.8 Å². The fourth-order valence-electron chi connectivity index (χ4n) is 1.73. The van der Waals surface area contributed by atoms with Gasteiger partial charge in [0.15, 0.2) is 5.15 Å². The molecule has 4 heteroatoms. The molecular formula is C13H9ClN2S. The Hall–Kier alpha value is -1.45. The largest absolute Gasteiger partial charge is 0.232 e. The van der Waals surface area contributed by atoms with Gasteiger partial charge in [-0.2, -0.15) is 0 Å². The van der Waals surface area contributed by atoms with E-state index < -0.39 is 0 Å². The average Bonchev–Trinajstić information content (AvgIpc) is 2.79. The summed E-state index contributed by atoms with van der Waals surface area (Å²) >= 11 is 7.70. The SMILES string of the molecule is Clc1nc(Cc2ccccc2)nc2ccsc12. The van der Waals surface area contributed by atoms with Crippen molar-refractivity contribution < 1.29 is 0 Å². The average molecular weight is 261 g/mol. The van der Waals surface area contributed by atoms with Crippen LogP contribution in [-0.4, -0.2) is 9.97 Å². The van der Waals surface area contributed by atoms with Gasteiger partial charge in [-0.3, -0.25) is 0 Å². The monoisotopic (exact) mass is 260 g/mol. The molecule has 0 saturated carbocycles. The van der Waals surface area contributed by atoms with E-state index in [0.29, 0.717) is 11.6 Å². The maximum absolute atomic E-state index is 6.13. The van der Waals surface area contributed by atoms with Gasteiger partial charge in [0, 0.05) is 6.42 Å². The quantitative estimate of drug-likeness (QED) is 0.653. The molecule has 0 fully saturated rings. The zero-order valence-electron chi connectivity index (χ0n) is 8.93. The van der Waals surface area contributed by atoms with Crippen LogP contribution in [0.3, 0.4) is 0 Å². The number of aromatic nitrogens is 2.